The fourth-order valence-corrected chi connectivity index (χ4v) is 2.20. The number of rotatable bonds is 3. The molecule has 1 N–H and O–H groups in total. The van der Waals surface area contributed by atoms with Gasteiger partial charge in [0.2, 0.25) is 0 Å². The topological polar surface area (TPSA) is 46.3 Å². The van der Waals surface area contributed by atoms with Gasteiger partial charge in [-0.3, -0.25) is 0 Å². The molecule has 0 bridgehead atoms. The van der Waals surface area contributed by atoms with Gasteiger partial charge in [0.25, 0.3) is 0 Å². The molecule has 0 aliphatic carbocycles. The minimum absolute atomic E-state index is 0.0147. The van der Waals surface area contributed by atoms with Crippen LogP contribution >= 0.6 is 11.6 Å². The Morgan fingerprint density at radius 2 is 2.05 bits per heavy atom. The third-order valence-electron chi connectivity index (χ3n) is 3.03. The highest BCUT2D eigenvalue weighted by molar-refractivity contribution is 6.30. The zero-order valence-electron chi connectivity index (χ0n) is 10.4. The molecule has 0 radical (unpaired) electrons. The highest BCUT2D eigenvalue weighted by Crippen LogP contribution is 2.24. The van der Waals surface area contributed by atoms with Crippen molar-refractivity contribution in [3.63, 3.8) is 0 Å². The van der Waals surface area contributed by atoms with Gasteiger partial charge < -0.3 is 9.52 Å². The van der Waals surface area contributed by atoms with E-state index in [-0.39, 0.29) is 11.4 Å². The van der Waals surface area contributed by atoms with E-state index in [1.165, 1.54) is 18.2 Å². The number of hydrogen-bond acceptors (Lipinski definition) is 3. The Bertz CT molecular complexity index is 723. The third-order valence-corrected chi connectivity index (χ3v) is 3.32. The molecule has 3 rings (SSSR count). The van der Waals surface area contributed by atoms with E-state index in [2.05, 4.69) is 4.98 Å². The summed E-state index contributed by atoms with van der Waals surface area (Å²) in [5, 5.41) is 10.1. The van der Waals surface area contributed by atoms with E-state index in [0.717, 1.165) is 5.52 Å². The van der Waals surface area contributed by atoms with Gasteiger partial charge in [0.05, 0.1) is 17.5 Å². The molecule has 1 unspecified atom stereocenters. The molecule has 0 spiro atoms. The second-order valence-electron chi connectivity index (χ2n) is 4.47. The summed E-state index contributed by atoms with van der Waals surface area (Å²) >= 11 is 5.70. The Balaban J connectivity index is 1.84. The van der Waals surface area contributed by atoms with E-state index >= 15 is 0 Å². The number of fused-ring (bicyclic) bond motifs is 1. The number of benzene rings is 2. The van der Waals surface area contributed by atoms with E-state index in [1.807, 2.05) is 24.3 Å². The predicted molar refractivity (Wildman–Crippen MR) is 74.1 cm³/mol. The van der Waals surface area contributed by atoms with Crippen LogP contribution in [0.1, 0.15) is 17.6 Å². The van der Waals surface area contributed by atoms with Gasteiger partial charge >= 0.3 is 0 Å². The minimum atomic E-state index is -0.846. The lowest BCUT2D eigenvalue weighted by Gasteiger charge is -2.09. The summed E-state index contributed by atoms with van der Waals surface area (Å²) in [6.07, 6.45) is -0.641. The summed E-state index contributed by atoms with van der Waals surface area (Å²) in [4.78, 5) is 4.28. The van der Waals surface area contributed by atoms with Crippen LogP contribution in [0.15, 0.2) is 46.9 Å². The quantitative estimate of drug-likeness (QED) is 0.796. The number of aliphatic hydroxyl groups is 1. The zero-order valence-corrected chi connectivity index (χ0v) is 11.1. The van der Waals surface area contributed by atoms with E-state index < -0.39 is 11.9 Å². The standard InChI is InChI=1S/C15H11ClFNO2/c16-10-7-9(5-6-11(10)17)13(19)8-15-18-12-3-1-2-4-14(12)20-15/h1-7,13,19H,8H2. The van der Waals surface area contributed by atoms with Crippen molar-refractivity contribution in [2.24, 2.45) is 0 Å². The molecule has 0 saturated heterocycles. The van der Waals surface area contributed by atoms with Crippen molar-refractivity contribution in [1.29, 1.82) is 0 Å². The maximum Gasteiger partial charge on any atom is 0.198 e. The first-order valence-corrected chi connectivity index (χ1v) is 6.49. The number of hydrogen-bond donors (Lipinski definition) is 1. The van der Waals surface area contributed by atoms with Crippen LogP contribution in [0.25, 0.3) is 11.1 Å². The Labute approximate surface area is 119 Å². The Morgan fingerprint density at radius 1 is 1.25 bits per heavy atom. The Kier molecular flexibility index (Phi) is 3.42. The minimum Gasteiger partial charge on any atom is -0.441 e. The molecule has 20 heavy (non-hydrogen) atoms. The zero-order chi connectivity index (χ0) is 14.1. The number of aromatic nitrogens is 1. The van der Waals surface area contributed by atoms with E-state index in [4.69, 9.17) is 16.0 Å². The molecule has 102 valence electrons. The number of aliphatic hydroxyl groups excluding tert-OH is 1. The molecular weight excluding hydrogens is 281 g/mol. The average molecular weight is 292 g/mol. The van der Waals surface area contributed by atoms with Gasteiger partial charge in [-0.05, 0) is 29.8 Å². The first-order chi connectivity index (χ1) is 9.63. The van der Waals surface area contributed by atoms with Gasteiger partial charge in [0, 0.05) is 0 Å². The lowest BCUT2D eigenvalue weighted by atomic mass is 10.1. The van der Waals surface area contributed by atoms with Gasteiger partial charge in [-0.25, -0.2) is 9.37 Å². The summed E-state index contributed by atoms with van der Waals surface area (Å²) in [5.74, 6) is -0.0800. The van der Waals surface area contributed by atoms with E-state index in [9.17, 15) is 9.50 Å². The fourth-order valence-electron chi connectivity index (χ4n) is 2.01. The molecule has 1 heterocycles. The van der Waals surface area contributed by atoms with Crippen molar-refractivity contribution in [3.05, 3.63) is 64.8 Å². The Hall–Kier alpha value is -1.91. The number of halogens is 2. The molecule has 0 saturated carbocycles. The van der Waals surface area contributed by atoms with Crippen LogP contribution in [-0.2, 0) is 6.42 Å². The molecule has 5 heteroatoms. The lowest BCUT2D eigenvalue weighted by Crippen LogP contribution is -2.02. The van der Waals surface area contributed by atoms with Gasteiger partial charge in [0.15, 0.2) is 11.5 Å². The van der Waals surface area contributed by atoms with Gasteiger partial charge in [-0.15, -0.1) is 0 Å². The second-order valence-corrected chi connectivity index (χ2v) is 4.88. The molecule has 3 aromatic rings. The smallest absolute Gasteiger partial charge is 0.198 e. The molecule has 0 aliphatic rings. The molecule has 3 nitrogen and oxygen atoms in total. The fraction of sp³-hybridized carbons (Fsp3) is 0.133. The van der Waals surface area contributed by atoms with Crippen molar-refractivity contribution in [2.75, 3.05) is 0 Å². The first-order valence-electron chi connectivity index (χ1n) is 6.11. The first kappa shape index (κ1) is 13.1. The highest BCUT2D eigenvalue weighted by Gasteiger charge is 2.14. The van der Waals surface area contributed by atoms with Crippen LogP contribution in [0.5, 0.6) is 0 Å². The number of nitrogens with zero attached hydrogens (tertiary/aromatic N) is 1. The van der Waals surface area contributed by atoms with E-state index in [1.54, 1.807) is 0 Å². The summed E-state index contributed by atoms with van der Waals surface area (Å²) in [6.45, 7) is 0. The second kappa shape index (κ2) is 5.23. The van der Waals surface area contributed by atoms with Crippen LogP contribution in [0, 0.1) is 5.82 Å². The van der Waals surface area contributed by atoms with Crippen molar-refractivity contribution in [1.82, 2.24) is 4.98 Å². The monoisotopic (exact) mass is 291 g/mol. The maximum atomic E-state index is 13.1. The molecule has 2 aromatic carbocycles. The van der Waals surface area contributed by atoms with Gasteiger partial charge in [0.1, 0.15) is 11.3 Å². The largest absolute Gasteiger partial charge is 0.441 e. The molecule has 1 aromatic heterocycles. The number of oxazole rings is 1. The van der Waals surface area contributed by atoms with Gasteiger partial charge in [-0.2, -0.15) is 0 Å². The molecular formula is C15H11ClFNO2. The lowest BCUT2D eigenvalue weighted by molar-refractivity contribution is 0.169. The number of para-hydroxylation sites is 2. The maximum absolute atomic E-state index is 13.1. The molecule has 0 amide bonds. The van der Waals surface area contributed by atoms with Crippen LogP contribution in [0.3, 0.4) is 0 Å². The highest BCUT2D eigenvalue weighted by atomic mass is 35.5. The SMILES string of the molecule is OC(Cc1nc2ccccc2o1)c1ccc(F)c(Cl)c1. The third kappa shape index (κ3) is 2.53. The molecule has 0 aliphatic heterocycles. The summed E-state index contributed by atoms with van der Waals surface area (Å²) in [6, 6.07) is 11.5. The Morgan fingerprint density at radius 3 is 2.80 bits per heavy atom. The van der Waals surface area contributed by atoms with Crippen LogP contribution < -0.4 is 0 Å². The van der Waals surface area contributed by atoms with Crippen molar-refractivity contribution in [2.45, 2.75) is 12.5 Å². The molecule has 1 atom stereocenters. The van der Waals surface area contributed by atoms with Gasteiger partial charge in [-0.1, -0.05) is 29.8 Å². The summed E-state index contributed by atoms with van der Waals surface area (Å²) in [5.41, 5.74) is 1.94. The summed E-state index contributed by atoms with van der Waals surface area (Å²) in [7, 11) is 0. The van der Waals surface area contributed by atoms with Crippen LogP contribution in [0.4, 0.5) is 4.39 Å². The van der Waals surface area contributed by atoms with Crippen LogP contribution in [-0.4, -0.2) is 10.1 Å². The normalized spacial score (nSPS) is 12.8. The average Bonchev–Trinajstić information content (AvgIpc) is 2.83. The summed E-state index contributed by atoms with van der Waals surface area (Å²) < 4.78 is 18.6. The van der Waals surface area contributed by atoms with Crippen LogP contribution in [0.2, 0.25) is 5.02 Å². The molecule has 0 fully saturated rings. The van der Waals surface area contributed by atoms with E-state index in [0.29, 0.717) is 17.0 Å². The predicted octanol–water partition coefficient (Wildman–Crippen LogP) is 3.90. The van der Waals surface area contributed by atoms with Crippen molar-refractivity contribution >= 4 is 22.7 Å². The van der Waals surface area contributed by atoms with Crippen molar-refractivity contribution < 1.29 is 13.9 Å². The van der Waals surface area contributed by atoms with Crippen molar-refractivity contribution in [3.8, 4) is 0 Å².